The van der Waals surface area contributed by atoms with E-state index in [-0.39, 0.29) is 0 Å². The molecule has 106 valence electrons. The highest BCUT2D eigenvalue weighted by atomic mass is 16.3. The first kappa shape index (κ1) is 13.4. The van der Waals surface area contributed by atoms with Crippen LogP contribution in [0.4, 0.5) is 5.69 Å². The Kier molecular flexibility index (Phi) is 3.64. The van der Waals surface area contributed by atoms with Crippen molar-refractivity contribution in [3.63, 3.8) is 0 Å². The third kappa shape index (κ3) is 2.39. The van der Waals surface area contributed by atoms with Gasteiger partial charge in [-0.25, -0.2) is 0 Å². The highest BCUT2D eigenvalue weighted by molar-refractivity contribution is 5.59. The van der Waals surface area contributed by atoms with Crippen LogP contribution in [0.3, 0.4) is 0 Å². The summed E-state index contributed by atoms with van der Waals surface area (Å²) in [5.74, 6) is 0. The lowest BCUT2D eigenvalue weighted by Gasteiger charge is -2.39. The molecule has 1 N–H and O–H groups in total. The molecule has 2 saturated heterocycles. The van der Waals surface area contributed by atoms with Gasteiger partial charge in [-0.1, -0.05) is 6.07 Å². The fourth-order valence-electron chi connectivity index (χ4n) is 3.45. The third-order valence-corrected chi connectivity index (χ3v) is 4.54. The Bertz CT molecular complexity index is 535. The van der Waals surface area contributed by atoms with Crippen molar-refractivity contribution in [2.75, 3.05) is 31.1 Å². The Balaban J connectivity index is 1.90. The molecule has 0 aliphatic carbocycles. The van der Waals surface area contributed by atoms with E-state index in [2.05, 4.69) is 15.9 Å². The van der Waals surface area contributed by atoms with Gasteiger partial charge in [-0.2, -0.15) is 5.26 Å². The van der Waals surface area contributed by atoms with Crippen molar-refractivity contribution in [3.8, 4) is 6.07 Å². The van der Waals surface area contributed by atoms with E-state index in [0.717, 1.165) is 30.9 Å². The number of anilines is 1. The minimum Gasteiger partial charge on any atom is -0.389 e. The maximum absolute atomic E-state index is 9.97. The van der Waals surface area contributed by atoms with Crippen molar-refractivity contribution in [2.45, 2.75) is 31.9 Å². The summed E-state index contributed by atoms with van der Waals surface area (Å²) in [7, 11) is 0. The zero-order chi connectivity index (χ0) is 14.1. The summed E-state index contributed by atoms with van der Waals surface area (Å²) in [6.45, 7) is 6.08. The Hall–Kier alpha value is -1.57. The van der Waals surface area contributed by atoms with Crippen molar-refractivity contribution < 1.29 is 5.11 Å². The maximum Gasteiger partial charge on any atom is 0.0992 e. The first-order chi connectivity index (χ1) is 9.69. The SMILES string of the molecule is CC(O)c1ccc(C#N)cc1N1CCN2CCCC2C1. The highest BCUT2D eigenvalue weighted by Crippen LogP contribution is 2.31. The van der Waals surface area contributed by atoms with Crippen molar-refractivity contribution in [1.82, 2.24) is 4.90 Å². The lowest BCUT2D eigenvalue weighted by Crippen LogP contribution is -2.50. The van der Waals surface area contributed by atoms with Crippen LogP contribution in [-0.2, 0) is 0 Å². The molecule has 0 radical (unpaired) electrons. The third-order valence-electron chi connectivity index (χ3n) is 4.54. The van der Waals surface area contributed by atoms with Crippen LogP contribution in [0.2, 0.25) is 0 Å². The van der Waals surface area contributed by atoms with E-state index >= 15 is 0 Å². The topological polar surface area (TPSA) is 50.5 Å². The van der Waals surface area contributed by atoms with Gasteiger partial charge in [0.05, 0.1) is 17.7 Å². The quantitative estimate of drug-likeness (QED) is 0.892. The number of hydrogen-bond acceptors (Lipinski definition) is 4. The number of nitrogens with zero attached hydrogens (tertiary/aromatic N) is 3. The standard InChI is InChI=1S/C16H21N3O/c1-12(20)15-5-4-13(10-17)9-16(15)19-8-7-18-6-2-3-14(18)11-19/h4-5,9,12,14,20H,2-3,6-8,11H2,1H3. The van der Waals surface area contributed by atoms with Crippen molar-refractivity contribution in [1.29, 1.82) is 5.26 Å². The van der Waals surface area contributed by atoms with E-state index in [1.807, 2.05) is 12.1 Å². The maximum atomic E-state index is 9.97. The number of aliphatic hydroxyl groups is 1. The van der Waals surface area contributed by atoms with Crippen molar-refractivity contribution in [3.05, 3.63) is 29.3 Å². The molecule has 2 heterocycles. The van der Waals surface area contributed by atoms with Gasteiger partial charge in [0, 0.05) is 36.9 Å². The first-order valence-electron chi connectivity index (χ1n) is 7.40. The molecule has 2 fully saturated rings. The normalized spacial score (nSPS) is 24.2. The highest BCUT2D eigenvalue weighted by Gasteiger charge is 2.31. The summed E-state index contributed by atoms with van der Waals surface area (Å²) >= 11 is 0. The van der Waals surface area contributed by atoms with Crippen LogP contribution in [0.25, 0.3) is 0 Å². The number of benzene rings is 1. The Morgan fingerprint density at radius 3 is 2.95 bits per heavy atom. The Morgan fingerprint density at radius 2 is 2.20 bits per heavy atom. The molecule has 4 heteroatoms. The summed E-state index contributed by atoms with van der Waals surface area (Å²) in [5, 5.41) is 19.1. The van der Waals surface area contributed by atoms with Crippen LogP contribution >= 0.6 is 0 Å². The Morgan fingerprint density at radius 1 is 1.35 bits per heavy atom. The van der Waals surface area contributed by atoms with E-state index in [1.54, 1.807) is 13.0 Å². The average molecular weight is 271 g/mol. The van der Waals surface area contributed by atoms with Crippen LogP contribution in [-0.4, -0.2) is 42.2 Å². The molecular formula is C16H21N3O. The van der Waals surface area contributed by atoms with Gasteiger partial charge in [0.25, 0.3) is 0 Å². The van der Waals surface area contributed by atoms with Crippen LogP contribution in [0.5, 0.6) is 0 Å². The lowest BCUT2D eigenvalue weighted by atomic mass is 10.0. The summed E-state index contributed by atoms with van der Waals surface area (Å²) in [4.78, 5) is 4.90. The van der Waals surface area contributed by atoms with Gasteiger partial charge in [0.2, 0.25) is 0 Å². The van der Waals surface area contributed by atoms with Crippen molar-refractivity contribution in [2.24, 2.45) is 0 Å². The Labute approximate surface area is 120 Å². The number of fused-ring (bicyclic) bond motifs is 1. The fourth-order valence-corrected chi connectivity index (χ4v) is 3.45. The number of aliphatic hydroxyl groups excluding tert-OH is 1. The van der Waals surface area contributed by atoms with E-state index in [0.29, 0.717) is 11.6 Å². The van der Waals surface area contributed by atoms with E-state index < -0.39 is 6.10 Å². The van der Waals surface area contributed by atoms with Crippen LogP contribution < -0.4 is 4.90 Å². The zero-order valence-electron chi connectivity index (χ0n) is 11.9. The molecule has 0 aromatic heterocycles. The number of rotatable bonds is 2. The lowest BCUT2D eigenvalue weighted by molar-refractivity contribution is 0.198. The van der Waals surface area contributed by atoms with Crippen molar-refractivity contribution >= 4 is 5.69 Å². The molecule has 0 bridgehead atoms. The zero-order valence-corrected chi connectivity index (χ0v) is 11.9. The van der Waals surface area contributed by atoms with Gasteiger partial charge in [-0.3, -0.25) is 4.90 Å². The molecule has 0 saturated carbocycles. The molecule has 0 spiro atoms. The van der Waals surface area contributed by atoms with Gasteiger partial charge >= 0.3 is 0 Å². The summed E-state index contributed by atoms with van der Waals surface area (Å²) in [5.41, 5.74) is 2.62. The minimum atomic E-state index is -0.501. The summed E-state index contributed by atoms with van der Waals surface area (Å²) < 4.78 is 0. The molecule has 4 nitrogen and oxygen atoms in total. The van der Waals surface area contributed by atoms with Gasteiger partial charge in [-0.05, 0) is 38.4 Å². The van der Waals surface area contributed by atoms with Gasteiger partial charge in [0.1, 0.15) is 0 Å². The fraction of sp³-hybridized carbons (Fsp3) is 0.562. The molecule has 2 unspecified atom stereocenters. The summed E-state index contributed by atoms with van der Waals surface area (Å²) in [6, 6.07) is 8.44. The summed E-state index contributed by atoms with van der Waals surface area (Å²) in [6.07, 6.45) is 2.05. The van der Waals surface area contributed by atoms with Gasteiger partial charge < -0.3 is 10.0 Å². The predicted octanol–water partition coefficient (Wildman–Crippen LogP) is 1.90. The van der Waals surface area contributed by atoms with E-state index in [4.69, 9.17) is 5.26 Å². The van der Waals surface area contributed by atoms with Gasteiger partial charge in [-0.15, -0.1) is 0 Å². The van der Waals surface area contributed by atoms with E-state index in [9.17, 15) is 5.11 Å². The molecule has 1 aromatic rings. The monoisotopic (exact) mass is 271 g/mol. The molecule has 2 aliphatic rings. The molecule has 2 atom stereocenters. The second-order valence-electron chi connectivity index (χ2n) is 5.84. The first-order valence-corrected chi connectivity index (χ1v) is 7.40. The molecule has 20 heavy (non-hydrogen) atoms. The molecular weight excluding hydrogens is 250 g/mol. The largest absolute Gasteiger partial charge is 0.389 e. The van der Waals surface area contributed by atoms with E-state index in [1.165, 1.54) is 19.4 Å². The number of piperazine rings is 1. The molecule has 0 amide bonds. The van der Waals surface area contributed by atoms with Crippen LogP contribution in [0.1, 0.15) is 37.0 Å². The average Bonchev–Trinajstić information content (AvgIpc) is 2.93. The van der Waals surface area contributed by atoms with Crippen LogP contribution in [0, 0.1) is 11.3 Å². The van der Waals surface area contributed by atoms with Crippen LogP contribution in [0.15, 0.2) is 18.2 Å². The molecule has 2 aliphatic heterocycles. The molecule has 3 rings (SSSR count). The molecule has 1 aromatic carbocycles. The number of nitriles is 1. The second-order valence-corrected chi connectivity index (χ2v) is 5.84. The second kappa shape index (κ2) is 5.43. The minimum absolute atomic E-state index is 0.501. The number of hydrogen-bond donors (Lipinski definition) is 1. The van der Waals surface area contributed by atoms with Gasteiger partial charge in [0.15, 0.2) is 0 Å². The smallest absolute Gasteiger partial charge is 0.0992 e. The predicted molar refractivity (Wildman–Crippen MR) is 78.6 cm³/mol.